The Balaban J connectivity index is 1.78. The Morgan fingerprint density at radius 2 is 1.96 bits per heavy atom. The van der Waals surface area contributed by atoms with E-state index in [1.807, 2.05) is 36.9 Å². The van der Waals surface area contributed by atoms with E-state index in [1.54, 1.807) is 4.68 Å². The minimum Gasteiger partial charge on any atom is -0.336 e. The van der Waals surface area contributed by atoms with Crippen LogP contribution in [0.3, 0.4) is 0 Å². The van der Waals surface area contributed by atoms with E-state index >= 15 is 0 Å². The molecule has 1 saturated heterocycles. The van der Waals surface area contributed by atoms with Crippen LogP contribution in [0.15, 0.2) is 30.3 Å². The van der Waals surface area contributed by atoms with E-state index in [4.69, 9.17) is 0 Å². The first kappa shape index (κ1) is 20.5. The largest absolute Gasteiger partial charge is 0.336 e. The van der Waals surface area contributed by atoms with Crippen molar-refractivity contribution in [2.75, 3.05) is 19.6 Å². The second-order valence-corrected chi connectivity index (χ2v) is 8.00. The number of carbonyl (C=O) groups excluding carboxylic acids is 1. The van der Waals surface area contributed by atoms with Crippen LogP contribution in [0.4, 0.5) is 4.39 Å². The van der Waals surface area contributed by atoms with Crippen molar-refractivity contribution in [3.8, 4) is 0 Å². The highest BCUT2D eigenvalue weighted by atomic mass is 19.1. The highest BCUT2D eigenvalue weighted by molar-refractivity contribution is 5.92. The van der Waals surface area contributed by atoms with E-state index in [0.717, 1.165) is 37.3 Å². The maximum Gasteiger partial charge on any atom is 0.272 e. The van der Waals surface area contributed by atoms with Gasteiger partial charge in [-0.1, -0.05) is 26.0 Å². The van der Waals surface area contributed by atoms with Gasteiger partial charge in [0.15, 0.2) is 0 Å². The number of carbonyl (C=O) groups is 1. The molecular formula is C22H31FN4O. The number of aryl methyl sites for hydroxylation is 2. The first-order valence-corrected chi connectivity index (χ1v) is 10.2. The number of benzene rings is 1. The molecule has 1 atom stereocenters. The molecule has 1 aromatic carbocycles. The van der Waals surface area contributed by atoms with Crippen molar-refractivity contribution >= 4 is 5.91 Å². The van der Waals surface area contributed by atoms with Crippen molar-refractivity contribution in [1.29, 1.82) is 0 Å². The lowest BCUT2D eigenvalue weighted by Crippen LogP contribution is -2.45. The third-order valence-corrected chi connectivity index (χ3v) is 5.53. The van der Waals surface area contributed by atoms with Crippen LogP contribution in [-0.2, 0) is 13.1 Å². The summed E-state index contributed by atoms with van der Waals surface area (Å²) in [6.07, 6.45) is 0.926. The van der Waals surface area contributed by atoms with Crippen molar-refractivity contribution in [1.82, 2.24) is 19.6 Å². The number of aromatic nitrogens is 2. The van der Waals surface area contributed by atoms with Crippen molar-refractivity contribution in [2.24, 2.45) is 5.92 Å². The fourth-order valence-electron chi connectivity index (χ4n) is 4.02. The summed E-state index contributed by atoms with van der Waals surface area (Å²) >= 11 is 0. The lowest BCUT2D eigenvalue weighted by molar-refractivity contribution is 0.0690. The number of halogens is 1. The summed E-state index contributed by atoms with van der Waals surface area (Å²) in [4.78, 5) is 17.6. The molecule has 152 valence electrons. The van der Waals surface area contributed by atoms with Gasteiger partial charge in [-0.15, -0.1) is 0 Å². The van der Waals surface area contributed by atoms with Gasteiger partial charge in [0.05, 0.1) is 5.69 Å². The summed E-state index contributed by atoms with van der Waals surface area (Å²) in [5, 5.41) is 4.43. The van der Waals surface area contributed by atoms with Crippen LogP contribution in [0.2, 0.25) is 0 Å². The average Bonchev–Trinajstić information content (AvgIpc) is 2.92. The van der Waals surface area contributed by atoms with E-state index in [2.05, 4.69) is 23.8 Å². The fourth-order valence-corrected chi connectivity index (χ4v) is 4.02. The third-order valence-electron chi connectivity index (χ3n) is 5.53. The van der Waals surface area contributed by atoms with E-state index in [9.17, 15) is 9.18 Å². The second kappa shape index (κ2) is 8.86. The Labute approximate surface area is 167 Å². The molecule has 6 heteroatoms. The first-order valence-electron chi connectivity index (χ1n) is 10.2. The standard InChI is InChI=1S/C22H31FN4O/c1-5-27-20(13-17(4)24-27)22(28)26-12-6-11-25(21(15-26)16(2)3)14-18-7-9-19(23)10-8-18/h7-10,13,16,21H,5-6,11-12,14-15H2,1-4H3/t21-/m0/s1. The Morgan fingerprint density at radius 1 is 1.25 bits per heavy atom. The molecule has 2 heterocycles. The number of hydrogen-bond acceptors (Lipinski definition) is 3. The molecule has 0 saturated carbocycles. The number of hydrogen-bond donors (Lipinski definition) is 0. The minimum atomic E-state index is -0.209. The van der Waals surface area contributed by atoms with Gasteiger partial charge >= 0.3 is 0 Å². The summed E-state index contributed by atoms with van der Waals surface area (Å²) in [7, 11) is 0. The highest BCUT2D eigenvalue weighted by Crippen LogP contribution is 2.21. The molecule has 1 aliphatic rings. The smallest absolute Gasteiger partial charge is 0.272 e. The fraction of sp³-hybridized carbons (Fsp3) is 0.545. The van der Waals surface area contributed by atoms with Gasteiger partial charge in [-0.05, 0) is 49.9 Å². The topological polar surface area (TPSA) is 41.4 Å². The van der Waals surface area contributed by atoms with E-state index in [-0.39, 0.29) is 17.8 Å². The molecule has 1 aliphatic heterocycles. The first-order chi connectivity index (χ1) is 13.4. The quantitative estimate of drug-likeness (QED) is 0.786. The van der Waals surface area contributed by atoms with Crippen LogP contribution in [0.25, 0.3) is 0 Å². The second-order valence-electron chi connectivity index (χ2n) is 8.00. The van der Waals surface area contributed by atoms with Gasteiger partial charge in [-0.25, -0.2) is 4.39 Å². The molecule has 0 spiro atoms. The molecule has 28 heavy (non-hydrogen) atoms. The lowest BCUT2D eigenvalue weighted by atomic mass is 10.0. The zero-order valence-electron chi connectivity index (χ0n) is 17.4. The molecule has 0 N–H and O–H groups in total. The average molecular weight is 387 g/mol. The Kier molecular flexibility index (Phi) is 6.50. The molecule has 0 radical (unpaired) electrons. The van der Waals surface area contributed by atoms with Crippen LogP contribution in [0.1, 0.15) is 48.9 Å². The van der Waals surface area contributed by atoms with Crippen molar-refractivity contribution in [3.05, 3.63) is 53.1 Å². The van der Waals surface area contributed by atoms with Crippen molar-refractivity contribution in [3.63, 3.8) is 0 Å². The van der Waals surface area contributed by atoms with Crippen molar-refractivity contribution < 1.29 is 9.18 Å². The lowest BCUT2D eigenvalue weighted by Gasteiger charge is -2.34. The van der Waals surface area contributed by atoms with Crippen LogP contribution >= 0.6 is 0 Å². The summed E-state index contributed by atoms with van der Waals surface area (Å²) in [6, 6.07) is 8.88. The summed E-state index contributed by atoms with van der Waals surface area (Å²) < 4.78 is 15.0. The Hall–Kier alpha value is -2.21. The van der Waals surface area contributed by atoms with Crippen LogP contribution in [-0.4, -0.2) is 51.2 Å². The van der Waals surface area contributed by atoms with Gasteiger partial charge in [0, 0.05) is 38.8 Å². The monoisotopic (exact) mass is 386 g/mol. The van der Waals surface area contributed by atoms with Gasteiger partial charge in [-0.3, -0.25) is 14.4 Å². The van der Waals surface area contributed by atoms with Crippen LogP contribution < -0.4 is 0 Å². The van der Waals surface area contributed by atoms with Crippen molar-refractivity contribution in [2.45, 2.75) is 53.2 Å². The normalized spacial score (nSPS) is 18.5. The molecule has 0 aliphatic carbocycles. The highest BCUT2D eigenvalue weighted by Gasteiger charge is 2.31. The number of rotatable bonds is 5. The molecule has 1 aromatic heterocycles. The molecular weight excluding hydrogens is 355 g/mol. The van der Waals surface area contributed by atoms with Crippen LogP contribution in [0.5, 0.6) is 0 Å². The Bertz CT molecular complexity index is 799. The SMILES string of the molecule is CCn1nc(C)cc1C(=O)N1CCCN(Cc2ccc(F)cc2)[C@H](C(C)C)C1. The van der Waals surface area contributed by atoms with Gasteiger partial charge in [0.1, 0.15) is 11.5 Å². The van der Waals surface area contributed by atoms with Gasteiger partial charge in [0.2, 0.25) is 0 Å². The maximum atomic E-state index is 13.2. The zero-order chi connectivity index (χ0) is 20.3. The summed E-state index contributed by atoms with van der Waals surface area (Å²) in [6.45, 7) is 12.2. The molecule has 5 nitrogen and oxygen atoms in total. The van der Waals surface area contributed by atoms with E-state index in [0.29, 0.717) is 24.7 Å². The maximum absolute atomic E-state index is 13.2. The molecule has 0 unspecified atom stereocenters. The molecule has 1 fully saturated rings. The summed E-state index contributed by atoms with van der Waals surface area (Å²) in [5.74, 6) is 0.267. The minimum absolute atomic E-state index is 0.0664. The van der Waals surface area contributed by atoms with Gasteiger partial charge < -0.3 is 4.90 Å². The predicted octanol–water partition coefficient (Wildman–Crippen LogP) is 3.72. The van der Waals surface area contributed by atoms with Crippen LogP contribution in [0, 0.1) is 18.7 Å². The Morgan fingerprint density at radius 3 is 2.61 bits per heavy atom. The predicted molar refractivity (Wildman–Crippen MR) is 109 cm³/mol. The third kappa shape index (κ3) is 4.61. The molecule has 2 aromatic rings. The molecule has 1 amide bonds. The summed E-state index contributed by atoms with van der Waals surface area (Å²) in [5.41, 5.74) is 2.65. The number of amides is 1. The molecule has 3 rings (SSSR count). The zero-order valence-corrected chi connectivity index (χ0v) is 17.4. The van der Waals surface area contributed by atoms with Gasteiger partial charge in [0.25, 0.3) is 5.91 Å². The van der Waals surface area contributed by atoms with E-state index < -0.39 is 0 Å². The molecule has 0 bridgehead atoms. The van der Waals surface area contributed by atoms with Gasteiger partial charge in [-0.2, -0.15) is 5.10 Å². The number of nitrogens with zero attached hydrogens (tertiary/aromatic N) is 4. The van der Waals surface area contributed by atoms with E-state index in [1.165, 1.54) is 12.1 Å².